The van der Waals surface area contributed by atoms with E-state index in [1.807, 2.05) is 20.0 Å². The molecule has 0 radical (unpaired) electrons. The first kappa shape index (κ1) is 23.7. The van der Waals surface area contributed by atoms with Crippen molar-refractivity contribution in [2.24, 2.45) is 18.9 Å². The summed E-state index contributed by atoms with van der Waals surface area (Å²) in [6.07, 6.45) is 6.00. The fourth-order valence-electron chi connectivity index (χ4n) is 5.76. The van der Waals surface area contributed by atoms with Crippen LogP contribution in [0.2, 0.25) is 0 Å². The predicted molar refractivity (Wildman–Crippen MR) is 127 cm³/mol. The van der Waals surface area contributed by atoms with Gasteiger partial charge in [-0.2, -0.15) is 5.12 Å². The molecule has 1 unspecified atom stereocenters. The van der Waals surface area contributed by atoms with Gasteiger partial charge in [-0.1, -0.05) is 11.4 Å². The average Bonchev–Trinajstić information content (AvgIpc) is 3.14. The van der Waals surface area contributed by atoms with Gasteiger partial charge in [0.2, 0.25) is 0 Å². The van der Waals surface area contributed by atoms with E-state index in [-0.39, 0.29) is 23.1 Å². The minimum atomic E-state index is -0.686. The number of amides is 2. The lowest BCUT2D eigenvalue weighted by Gasteiger charge is -2.33. The molecule has 1 aliphatic carbocycles. The summed E-state index contributed by atoms with van der Waals surface area (Å²) in [5, 5.41) is 1.16. The van der Waals surface area contributed by atoms with Gasteiger partial charge in [-0.15, -0.1) is 0 Å². The Hall–Kier alpha value is -2.41. The molecule has 1 aliphatic heterocycles. The second-order valence-corrected chi connectivity index (χ2v) is 9.57. The maximum Gasteiger partial charge on any atom is 0.283 e. The van der Waals surface area contributed by atoms with Gasteiger partial charge in [0.25, 0.3) is 11.8 Å². The number of rotatable bonds is 6. The molecule has 1 atom stereocenters. The van der Waals surface area contributed by atoms with Crippen molar-refractivity contribution in [2.45, 2.75) is 52.4 Å². The zero-order valence-corrected chi connectivity index (χ0v) is 20.3. The van der Waals surface area contributed by atoms with Gasteiger partial charge in [0.1, 0.15) is 0 Å². The van der Waals surface area contributed by atoms with Gasteiger partial charge in [-0.05, 0) is 75.0 Å². The average molecular weight is 458 g/mol. The van der Waals surface area contributed by atoms with Crippen LogP contribution in [0.5, 0.6) is 0 Å². The van der Waals surface area contributed by atoms with E-state index in [2.05, 4.69) is 4.57 Å². The molecule has 33 heavy (non-hydrogen) atoms. The number of hydrogen-bond donors (Lipinski definition) is 0. The molecule has 0 bridgehead atoms. The van der Waals surface area contributed by atoms with Crippen LogP contribution in [-0.4, -0.2) is 59.8 Å². The first-order valence-corrected chi connectivity index (χ1v) is 12.3. The summed E-state index contributed by atoms with van der Waals surface area (Å²) >= 11 is 0. The van der Waals surface area contributed by atoms with Crippen LogP contribution >= 0.6 is 0 Å². The third kappa shape index (κ3) is 4.39. The van der Waals surface area contributed by atoms with Gasteiger partial charge in [0.05, 0.1) is 17.6 Å². The highest BCUT2D eigenvalue weighted by Crippen LogP contribution is 2.40. The maximum atomic E-state index is 14.4. The fourth-order valence-corrected chi connectivity index (χ4v) is 5.76. The molecule has 2 aromatic rings. The van der Waals surface area contributed by atoms with Crippen molar-refractivity contribution in [3.05, 3.63) is 34.5 Å². The molecular weight excluding hydrogens is 421 g/mol. The summed E-state index contributed by atoms with van der Waals surface area (Å²) in [6.45, 7) is 5.87. The molecule has 2 aliphatic rings. The Kier molecular flexibility index (Phi) is 7.07. The largest absolute Gasteiger partial charge is 0.381 e. The lowest BCUT2D eigenvalue weighted by atomic mass is 9.75. The van der Waals surface area contributed by atoms with Crippen LogP contribution in [0.1, 0.15) is 71.5 Å². The molecule has 4 rings (SSSR count). The number of halogens is 1. The molecule has 1 aromatic heterocycles. The summed E-state index contributed by atoms with van der Waals surface area (Å²) in [7, 11) is 3.73. The van der Waals surface area contributed by atoms with E-state index in [4.69, 9.17) is 4.74 Å². The molecule has 2 amide bonds. The minimum Gasteiger partial charge on any atom is -0.381 e. The number of ether oxygens (including phenoxy) is 1. The van der Waals surface area contributed by atoms with Crippen LogP contribution in [0.25, 0.3) is 10.9 Å². The van der Waals surface area contributed by atoms with Crippen LogP contribution in [0.3, 0.4) is 0 Å². The highest BCUT2D eigenvalue weighted by atomic mass is 19.2. The SMILES string of the molecule is CCCN(C)C(=O)c1cc(C(=O)N(F)CC)c2c(c1)c1c(n2C)CCC(C2CCOCC2)C1. The van der Waals surface area contributed by atoms with E-state index in [0.717, 1.165) is 62.6 Å². The monoisotopic (exact) mass is 457 g/mol. The van der Waals surface area contributed by atoms with Crippen molar-refractivity contribution in [3.8, 4) is 0 Å². The topological polar surface area (TPSA) is 54.8 Å². The van der Waals surface area contributed by atoms with Crippen LogP contribution in [0.15, 0.2) is 12.1 Å². The van der Waals surface area contributed by atoms with Crippen LogP contribution < -0.4 is 0 Å². The molecule has 180 valence electrons. The van der Waals surface area contributed by atoms with Crippen molar-refractivity contribution in [1.29, 1.82) is 0 Å². The van der Waals surface area contributed by atoms with E-state index in [1.54, 1.807) is 24.9 Å². The Morgan fingerprint density at radius 2 is 1.85 bits per heavy atom. The van der Waals surface area contributed by atoms with Gasteiger partial charge in [-0.3, -0.25) is 9.59 Å². The quantitative estimate of drug-likeness (QED) is 0.599. The number of nitrogens with zero attached hydrogens (tertiary/aromatic N) is 3. The lowest BCUT2D eigenvalue weighted by molar-refractivity contribution is 0.0229. The smallest absolute Gasteiger partial charge is 0.283 e. The van der Waals surface area contributed by atoms with E-state index < -0.39 is 5.91 Å². The Morgan fingerprint density at radius 1 is 1.12 bits per heavy atom. The van der Waals surface area contributed by atoms with E-state index in [0.29, 0.717) is 23.9 Å². The highest BCUT2D eigenvalue weighted by Gasteiger charge is 2.33. The summed E-state index contributed by atoms with van der Waals surface area (Å²) in [5.41, 5.74) is 3.88. The van der Waals surface area contributed by atoms with E-state index in [9.17, 15) is 14.1 Å². The third-order valence-electron chi connectivity index (χ3n) is 7.56. The number of benzene rings is 1. The standard InChI is InChI=1S/C26H36FN3O3/c1-5-11-28(3)25(31)19-15-21-20-14-18(17-9-12-33-13-10-17)7-8-23(20)29(4)24(21)22(16-19)26(32)30(27)6-2/h15-18H,5-14H2,1-4H3. The normalized spacial score (nSPS) is 18.9. The van der Waals surface area contributed by atoms with Gasteiger partial charge >= 0.3 is 0 Å². The Morgan fingerprint density at radius 3 is 2.52 bits per heavy atom. The second kappa shape index (κ2) is 9.84. The van der Waals surface area contributed by atoms with Crippen LogP contribution in [-0.2, 0) is 24.6 Å². The highest BCUT2D eigenvalue weighted by molar-refractivity contribution is 6.10. The number of carbonyl (C=O) groups is 2. The number of fused-ring (bicyclic) bond motifs is 3. The molecule has 1 fully saturated rings. The van der Waals surface area contributed by atoms with E-state index >= 15 is 0 Å². The Balaban J connectivity index is 1.84. The van der Waals surface area contributed by atoms with Crippen molar-refractivity contribution >= 4 is 22.7 Å². The molecule has 1 aromatic carbocycles. The second-order valence-electron chi connectivity index (χ2n) is 9.57. The van der Waals surface area contributed by atoms with Crippen LogP contribution in [0, 0.1) is 11.8 Å². The van der Waals surface area contributed by atoms with Crippen molar-refractivity contribution in [1.82, 2.24) is 14.6 Å². The van der Waals surface area contributed by atoms with E-state index in [1.165, 1.54) is 11.3 Å². The molecule has 0 saturated carbocycles. The predicted octanol–water partition coefficient (Wildman–Crippen LogP) is 4.54. The molecule has 2 heterocycles. The van der Waals surface area contributed by atoms with Crippen molar-refractivity contribution < 1.29 is 18.8 Å². The fraction of sp³-hybridized carbons (Fsp3) is 0.615. The number of carbonyl (C=O) groups excluding carboxylic acids is 2. The van der Waals surface area contributed by atoms with Crippen molar-refractivity contribution in [2.75, 3.05) is 33.4 Å². The molecule has 0 N–H and O–H groups in total. The number of aromatic nitrogens is 1. The number of hydrogen-bond acceptors (Lipinski definition) is 3. The molecule has 0 spiro atoms. The first-order valence-electron chi connectivity index (χ1n) is 12.3. The number of aryl methyl sites for hydroxylation is 1. The van der Waals surface area contributed by atoms with Gasteiger partial charge in [-0.25, -0.2) is 0 Å². The Labute approximate surface area is 195 Å². The summed E-state index contributed by atoms with van der Waals surface area (Å²) in [6, 6.07) is 3.52. The zero-order chi connectivity index (χ0) is 23.7. The van der Waals surface area contributed by atoms with Crippen molar-refractivity contribution in [3.63, 3.8) is 0 Å². The van der Waals surface area contributed by atoms with Crippen LogP contribution in [0.4, 0.5) is 4.48 Å². The molecule has 6 nitrogen and oxygen atoms in total. The van der Waals surface area contributed by atoms with Gasteiger partial charge in [0.15, 0.2) is 0 Å². The molecule has 1 saturated heterocycles. The lowest BCUT2D eigenvalue weighted by Crippen LogP contribution is -2.28. The summed E-state index contributed by atoms with van der Waals surface area (Å²) in [4.78, 5) is 27.9. The van der Waals surface area contributed by atoms with Gasteiger partial charge < -0.3 is 14.2 Å². The Bertz CT molecular complexity index is 1040. The zero-order valence-electron chi connectivity index (χ0n) is 20.3. The maximum absolute atomic E-state index is 14.4. The minimum absolute atomic E-state index is 0.0375. The molecule has 7 heteroatoms. The molecular formula is C26H36FN3O3. The first-order chi connectivity index (χ1) is 15.9. The summed E-state index contributed by atoms with van der Waals surface area (Å²) < 4.78 is 22.1. The summed E-state index contributed by atoms with van der Waals surface area (Å²) in [5.74, 6) is 0.394. The van der Waals surface area contributed by atoms with Gasteiger partial charge in [0, 0.05) is 50.5 Å². The third-order valence-corrected chi connectivity index (χ3v) is 7.56.